The second-order valence-electron chi connectivity index (χ2n) is 6.95. The molecule has 0 spiro atoms. The molecule has 0 saturated carbocycles. The highest BCUT2D eigenvalue weighted by Gasteiger charge is 2.22. The second-order valence-corrected chi connectivity index (χ2v) is 8.92. The molecule has 0 unspecified atom stereocenters. The number of hydrogen-bond acceptors (Lipinski definition) is 3. The van der Waals surface area contributed by atoms with Gasteiger partial charge in [0.15, 0.2) is 0 Å². The van der Waals surface area contributed by atoms with E-state index in [-0.39, 0.29) is 10.8 Å². The number of nitrogens with one attached hydrogen (secondary N) is 1. The molecule has 0 aromatic heterocycles. The third kappa shape index (κ3) is 4.39. The van der Waals surface area contributed by atoms with Crippen LogP contribution in [0.1, 0.15) is 35.3 Å². The monoisotopic (exact) mass is 422 g/mol. The van der Waals surface area contributed by atoms with E-state index in [4.69, 9.17) is 0 Å². The minimum atomic E-state index is -3.79. The van der Waals surface area contributed by atoms with Crippen molar-refractivity contribution in [3.63, 3.8) is 0 Å². The van der Waals surface area contributed by atoms with E-state index in [0.29, 0.717) is 11.3 Å². The smallest absolute Gasteiger partial charge is 0.264 e. The fraction of sp³-hybridized carbons (Fsp3) is 0.208. The zero-order valence-corrected chi connectivity index (χ0v) is 18.2. The molecule has 6 heteroatoms. The van der Waals surface area contributed by atoms with E-state index in [9.17, 15) is 13.2 Å². The van der Waals surface area contributed by atoms with Gasteiger partial charge in [-0.3, -0.25) is 9.10 Å². The second kappa shape index (κ2) is 9.13. The maximum absolute atomic E-state index is 13.1. The summed E-state index contributed by atoms with van der Waals surface area (Å²) in [5, 5.41) is 2.99. The van der Waals surface area contributed by atoms with Gasteiger partial charge >= 0.3 is 0 Å². The topological polar surface area (TPSA) is 66.5 Å². The molecule has 0 aliphatic heterocycles. The van der Waals surface area contributed by atoms with Crippen LogP contribution in [0.5, 0.6) is 0 Å². The van der Waals surface area contributed by atoms with Gasteiger partial charge in [-0.15, -0.1) is 0 Å². The summed E-state index contributed by atoms with van der Waals surface area (Å²) in [6.45, 7) is 4.08. The number of amides is 1. The number of para-hydroxylation sites is 2. The lowest BCUT2D eigenvalue weighted by molar-refractivity contribution is 0.102. The summed E-state index contributed by atoms with van der Waals surface area (Å²) in [6.07, 6.45) is 1.58. The van der Waals surface area contributed by atoms with Gasteiger partial charge in [-0.05, 0) is 54.3 Å². The van der Waals surface area contributed by atoms with Crippen LogP contribution in [0.2, 0.25) is 0 Å². The highest BCUT2D eigenvalue weighted by Crippen LogP contribution is 2.25. The molecule has 1 N–H and O–H groups in total. The molecule has 0 heterocycles. The van der Waals surface area contributed by atoms with Gasteiger partial charge in [0.2, 0.25) is 0 Å². The van der Waals surface area contributed by atoms with Crippen molar-refractivity contribution in [3.8, 4) is 0 Å². The highest BCUT2D eigenvalue weighted by atomic mass is 32.2. The summed E-state index contributed by atoms with van der Waals surface area (Å²) in [5.74, 6) is -0.329. The molecule has 1 amide bonds. The Hall–Kier alpha value is -3.12. The van der Waals surface area contributed by atoms with Gasteiger partial charge in [0.05, 0.1) is 10.6 Å². The molecular formula is C24H26N2O3S. The van der Waals surface area contributed by atoms with Gasteiger partial charge in [0.1, 0.15) is 0 Å². The minimum absolute atomic E-state index is 0.0704. The minimum Gasteiger partial charge on any atom is -0.321 e. The first kappa shape index (κ1) is 21.6. The molecule has 0 aliphatic rings. The lowest BCUT2D eigenvalue weighted by atomic mass is 10.0. The molecular weight excluding hydrogens is 396 g/mol. The fourth-order valence-corrected chi connectivity index (χ4v) is 4.56. The normalized spacial score (nSPS) is 11.2. The summed E-state index contributed by atoms with van der Waals surface area (Å²) in [6, 6.07) is 20.9. The van der Waals surface area contributed by atoms with Gasteiger partial charge in [-0.25, -0.2) is 8.42 Å². The largest absolute Gasteiger partial charge is 0.321 e. The average Bonchev–Trinajstić information content (AvgIpc) is 2.79. The van der Waals surface area contributed by atoms with E-state index in [2.05, 4.69) is 5.32 Å². The molecule has 3 aromatic carbocycles. The number of anilines is 2. The Morgan fingerprint density at radius 1 is 0.867 bits per heavy atom. The highest BCUT2D eigenvalue weighted by molar-refractivity contribution is 7.92. The Labute approximate surface area is 178 Å². The van der Waals surface area contributed by atoms with Crippen LogP contribution < -0.4 is 9.62 Å². The lowest BCUT2D eigenvalue weighted by Crippen LogP contribution is -2.26. The van der Waals surface area contributed by atoms with Crippen molar-refractivity contribution < 1.29 is 13.2 Å². The molecule has 0 aliphatic carbocycles. The standard InChI is InChI=1S/C24H26N2O3S/c1-4-18-11-9-12-19(5-2)23(18)25-24(27)20-13-10-16-22(17-20)30(28,29)26(3)21-14-7-6-8-15-21/h6-17H,4-5H2,1-3H3,(H,25,27). The van der Waals surface area contributed by atoms with Crippen LogP contribution in [-0.2, 0) is 22.9 Å². The van der Waals surface area contributed by atoms with Gasteiger partial charge < -0.3 is 5.32 Å². The van der Waals surface area contributed by atoms with Crippen molar-refractivity contribution in [2.24, 2.45) is 0 Å². The zero-order chi connectivity index (χ0) is 21.7. The van der Waals surface area contributed by atoms with E-state index in [1.54, 1.807) is 36.4 Å². The van der Waals surface area contributed by atoms with Crippen LogP contribution in [0.3, 0.4) is 0 Å². The van der Waals surface area contributed by atoms with E-state index in [0.717, 1.165) is 29.7 Å². The molecule has 5 nitrogen and oxygen atoms in total. The van der Waals surface area contributed by atoms with Crippen molar-refractivity contribution in [2.45, 2.75) is 31.6 Å². The maximum Gasteiger partial charge on any atom is 0.264 e. The van der Waals surface area contributed by atoms with E-state index in [1.165, 1.54) is 23.5 Å². The van der Waals surface area contributed by atoms with Crippen molar-refractivity contribution in [3.05, 3.63) is 89.5 Å². The summed E-state index contributed by atoms with van der Waals surface area (Å²) < 4.78 is 27.3. The molecule has 3 rings (SSSR count). The Bertz CT molecular complexity index is 1120. The lowest BCUT2D eigenvalue weighted by Gasteiger charge is -2.20. The van der Waals surface area contributed by atoms with Crippen LogP contribution in [-0.4, -0.2) is 21.4 Å². The molecule has 156 valence electrons. The Balaban J connectivity index is 1.92. The van der Waals surface area contributed by atoms with Gasteiger partial charge in [-0.2, -0.15) is 0 Å². The predicted molar refractivity (Wildman–Crippen MR) is 122 cm³/mol. The molecule has 0 bridgehead atoms. The number of sulfonamides is 1. The first-order valence-electron chi connectivity index (χ1n) is 9.94. The maximum atomic E-state index is 13.1. The molecule has 0 atom stereocenters. The number of nitrogens with zero attached hydrogens (tertiary/aromatic N) is 1. The molecule has 0 fully saturated rings. The zero-order valence-electron chi connectivity index (χ0n) is 17.4. The third-order valence-electron chi connectivity index (χ3n) is 5.11. The number of benzene rings is 3. The molecule has 30 heavy (non-hydrogen) atoms. The van der Waals surface area contributed by atoms with Crippen LogP contribution in [0.25, 0.3) is 0 Å². The van der Waals surface area contributed by atoms with Crippen LogP contribution in [0.4, 0.5) is 11.4 Å². The van der Waals surface area contributed by atoms with Crippen molar-refractivity contribution in [1.82, 2.24) is 0 Å². The molecule has 0 radical (unpaired) electrons. The van der Waals surface area contributed by atoms with Gasteiger partial charge in [0, 0.05) is 18.3 Å². The quantitative estimate of drug-likeness (QED) is 0.590. The Morgan fingerprint density at radius 2 is 1.47 bits per heavy atom. The molecule has 3 aromatic rings. The number of hydrogen-bond donors (Lipinski definition) is 1. The summed E-state index contributed by atoms with van der Waals surface area (Å²) in [4.78, 5) is 13.0. The molecule has 0 saturated heterocycles. The van der Waals surface area contributed by atoms with E-state index >= 15 is 0 Å². The number of rotatable bonds is 7. The average molecular weight is 423 g/mol. The fourth-order valence-electron chi connectivity index (χ4n) is 3.32. The third-order valence-corrected chi connectivity index (χ3v) is 6.89. The Kier molecular flexibility index (Phi) is 6.57. The number of carbonyl (C=O) groups excluding carboxylic acids is 1. The first-order valence-corrected chi connectivity index (χ1v) is 11.4. The predicted octanol–water partition coefficient (Wildman–Crippen LogP) is 4.89. The summed E-state index contributed by atoms with van der Waals surface area (Å²) in [7, 11) is -2.29. The van der Waals surface area contributed by atoms with Crippen LogP contribution >= 0.6 is 0 Å². The van der Waals surface area contributed by atoms with Crippen LogP contribution in [0, 0.1) is 0 Å². The van der Waals surface area contributed by atoms with Crippen molar-refractivity contribution >= 4 is 27.3 Å². The number of aryl methyl sites for hydroxylation is 2. The van der Waals surface area contributed by atoms with E-state index in [1.807, 2.05) is 38.1 Å². The van der Waals surface area contributed by atoms with Crippen molar-refractivity contribution in [2.75, 3.05) is 16.7 Å². The first-order chi connectivity index (χ1) is 14.4. The van der Waals surface area contributed by atoms with Gasteiger partial charge in [-0.1, -0.05) is 56.3 Å². The van der Waals surface area contributed by atoms with Crippen molar-refractivity contribution in [1.29, 1.82) is 0 Å². The summed E-state index contributed by atoms with van der Waals surface area (Å²) in [5.41, 5.74) is 3.76. The summed E-state index contributed by atoms with van der Waals surface area (Å²) >= 11 is 0. The van der Waals surface area contributed by atoms with E-state index < -0.39 is 10.0 Å². The number of carbonyl (C=O) groups is 1. The van der Waals surface area contributed by atoms with Gasteiger partial charge in [0.25, 0.3) is 15.9 Å². The SMILES string of the molecule is CCc1cccc(CC)c1NC(=O)c1cccc(S(=O)(=O)N(C)c2ccccc2)c1. The Morgan fingerprint density at radius 3 is 2.07 bits per heavy atom. The van der Waals surface area contributed by atoms with Crippen LogP contribution in [0.15, 0.2) is 77.7 Å².